The topological polar surface area (TPSA) is 41.1 Å². The van der Waals surface area contributed by atoms with E-state index in [9.17, 15) is 0 Å². The molecule has 0 saturated heterocycles. The van der Waals surface area contributed by atoms with E-state index < -0.39 is 0 Å². The Bertz CT molecular complexity index is 41.8. The maximum absolute atomic E-state index is 8.00. The van der Waals surface area contributed by atoms with Crippen LogP contribution in [-0.2, 0) is 4.79 Å². The van der Waals surface area contributed by atoms with Crippen molar-refractivity contribution >= 4 is 6.79 Å². The Kier molecular flexibility index (Phi) is 45.8. The van der Waals surface area contributed by atoms with Gasteiger partial charge < -0.3 is 15.4 Å². The number of carbonyl (C=O) groups is 1. The Balaban J connectivity index is -0.000000112. The van der Waals surface area contributed by atoms with E-state index >= 15 is 0 Å². The fourth-order valence-electron chi connectivity index (χ4n) is 0.500. The average molecular weight is 176 g/mol. The van der Waals surface area contributed by atoms with Gasteiger partial charge in [0, 0.05) is 0 Å². The molecule has 0 unspecified atom stereocenters. The summed E-state index contributed by atoms with van der Waals surface area (Å²) in [5, 5.41) is 6.22. The predicted octanol–water partition coefficient (Wildman–Crippen LogP) is 1.05. The highest BCUT2D eigenvalue weighted by molar-refractivity contribution is 5.10. The van der Waals surface area contributed by atoms with Crippen LogP contribution in [0.2, 0.25) is 0 Å². The van der Waals surface area contributed by atoms with E-state index in [1.807, 2.05) is 6.79 Å². The molecule has 0 rings (SSSR count). The van der Waals surface area contributed by atoms with E-state index in [1.165, 1.54) is 0 Å². The van der Waals surface area contributed by atoms with Crippen LogP contribution in [-0.4, -0.2) is 33.0 Å². The molecule has 12 heavy (non-hydrogen) atoms. The average Bonchev–Trinajstić information content (AvgIpc) is 2.12. The minimum absolute atomic E-state index is 1.09. The number of hydrogen-bond acceptors (Lipinski definition) is 3. The molecule has 0 aliphatic heterocycles. The Morgan fingerprint density at radius 3 is 0.917 bits per heavy atom. The molecule has 2 N–H and O–H groups in total. The van der Waals surface area contributed by atoms with E-state index in [2.05, 4.69) is 38.3 Å². The normalized spacial score (nSPS) is 7.33. The maximum Gasteiger partial charge on any atom is 0.106 e. The molecule has 0 bridgehead atoms. The smallest absolute Gasteiger partial charge is 0.106 e. The van der Waals surface area contributed by atoms with Crippen LogP contribution in [0, 0.1) is 0 Å². The summed E-state index contributed by atoms with van der Waals surface area (Å²) in [4.78, 5) is 8.00. The van der Waals surface area contributed by atoms with E-state index in [-0.39, 0.29) is 0 Å². The zero-order chi connectivity index (χ0) is 10.2. The first-order chi connectivity index (χ1) is 5.83. The van der Waals surface area contributed by atoms with Gasteiger partial charge in [0.2, 0.25) is 0 Å². The molecule has 3 heteroatoms. The van der Waals surface area contributed by atoms with E-state index in [4.69, 9.17) is 4.79 Å². The number of carbonyl (C=O) groups excluding carboxylic acids is 1. The van der Waals surface area contributed by atoms with Gasteiger partial charge in [0.05, 0.1) is 0 Å². The summed E-state index contributed by atoms with van der Waals surface area (Å²) in [5.41, 5.74) is 0. The minimum atomic E-state index is 1.09. The maximum atomic E-state index is 8.00. The zero-order valence-corrected chi connectivity index (χ0v) is 8.94. The molecular formula is C9H24N2O. The monoisotopic (exact) mass is 176 g/mol. The van der Waals surface area contributed by atoms with Crippen LogP contribution >= 0.6 is 0 Å². The molecule has 0 aromatic rings. The minimum Gasteiger partial charge on any atom is -0.317 e. The Hall–Kier alpha value is -0.410. The number of hydrogen-bond donors (Lipinski definition) is 2. The van der Waals surface area contributed by atoms with Crippen molar-refractivity contribution in [2.45, 2.75) is 27.7 Å². The lowest BCUT2D eigenvalue weighted by Gasteiger charge is -1.86. The van der Waals surface area contributed by atoms with E-state index in [0.29, 0.717) is 0 Å². The molecule has 0 aromatic carbocycles. The van der Waals surface area contributed by atoms with Crippen LogP contribution in [0.3, 0.4) is 0 Å². The van der Waals surface area contributed by atoms with Gasteiger partial charge in [-0.15, -0.1) is 0 Å². The van der Waals surface area contributed by atoms with Crippen molar-refractivity contribution in [1.82, 2.24) is 10.6 Å². The van der Waals surface area contributed by atoms with Crippen molar-refractivity contribution in [3.8, 4) is 0 Å². The third kappa shape index (κ3) is 54.9. The highest BCUT2D eigenvalue weighted by atomic mass is 16.1. The van der Waals surface area contributed by atoms with Gasteiger partial charge in [0.15, 0.2) is 0 Å². The Morgan fingerprint density at radius 1 is 0.750 bits per heavy atom. The van der Waals surface area contributed by atoms with Gasteiger partial charge >= 0.3 is 0 Å². The van der Waals surface area contributed by atoms with Gasteiger partial charge in [-0.1, -0.05) is 27.7 Å². The second kappa shape index (κ2) is 31.2. The number of rotatable bonds is 4. The van der Waals surface area contributed by atoms with Crippen LogP contribution in [0.4, 0.5) is 0 Å². The first-order valence-electron chi connectivity index (χ1n) is 4.53. The molecule has 0 saturated carbocycles. The summed E-state index contributed by atoms with van der Waals surface area (Å²) >= 11 is 0. The molecule has 0 radical (unpaired) electrons. The molecule has 0 aromatic heterocycles. The second-order valence-corrected chi connectivity index (χ2v) is 1.91. The van der Waals surface area contributed by atoms with Crippen molar-refractivity contribution < 1.29 is 4.79 Å². The molecule has 0 heterocycles. The summed E-state index contributed by atoms with van der Waals surface area (Å²) in [6, 6.07) is 0. The Morgan fingerprint density at radius 2 is 0.917 bits per heavy atom. The molecule has 76 valence electrons. The molecule has 0 aliphatic rings. The van der Waals surface area contributed by atoms with Gasteiger partial charge in [-0.25, -0.2) is 0 Å². The van der Waals surface area contributed by atoms with Crippen LogP contribution in [0.1, 0.15) is 27.7 Å². The standard InChI is InChI=1S/2C4H11N.CH2O/c2*1-3-5-4-2;1-2/h2*5H,3-4H2,1-2H3;1H2. The first kappa shape index (κ1) is 17.6. The van der Waals surface area contributed by atoms with Crippen molar-refractivity contribution in [2.24, 2.45) is 0 Å². The fourth-order valence-corrected chi connectivity index (χ4v) is 0.500. The predicted molar refractivity (Wildman–Crippen MR) is 55.6 cm³/mol. The highest BCUT2D eigenvalue weighted by Gasteiger charge is 1.63. The molecule has 0 fully saturated rings. The van der Waals surface area contributed by atoms with E-state index in [0.717, 1.165) is 26.2 Å². The third-order valence-electron chi connectivity index (χ3n) is 1.000. The fraction of sp³-hybridized carbons (Fsp3) is 0.889. The van der Waals surface area contributed by atoms with Crippen LogP contribution < -0.4 is 10.6 Å². The van der Waals surface area contributed by atoms with Crippen LogP contribution in [0.25, 0.3) is 0 Å². The summed E-state index contributed by atoms with van der Waals surface area (Å²) in [6.07, 6.45) is 0. The van der Waals surface area contributed by atoms with Gasteiger partial charge in [-0.3, -0.25) is 0 Å². The van der Waals surface area contributed by atoms with Gasteiger partial charge in [0.1, 0.15) is 6.79 Å². The lowest BCUT2D eigenvalue weighted by Crippen LogP contribution is -2.09. The summed E-state index contributed by atoms with van der Waals surface area (Å²) in [5.74, 6) is 0. The molecule has 0 aliphatic carbocycles. The first-order valence-corrected chi connectivity index (χ1v) is 4.53. The molecule has 0 amide bonds. The summed E-state index contributed by atoms with van der Waals surface area (Å²) < 4.78 is 0. The van der Waals surface area contributed by atoms with Crippen molar-refractivity contribution in [1.29, 1.82) is 0 Å². The van der Waals surface area contributed by atoms with E-state index in [1.54, 1.807) is 0 Å². The second-order valence-electron chi connectivity index (χ2n) is 1.91. The van der Waals surface area contributed by atoms with Crippen molar-refractivity contribution in [3.05, 3.63) is 0 Å². The summed E-state index contributed by atoms with van der Waals surface area (Å²) in [7, 11) is 0. The lowest BCUT2D eigenvalue weighted by atomic mass is 10.7. The zero-order valence-electron chi connectivity index (χ0n) is 8.94. The molecular weight excluding hydrogens is 152 g/mol. The van der Waals surface area contributed by atoms with Gasteiger partial charge in [-0.05, 0) is 26.2 Å². The highest BCUT2D eigenvalue weighted by Crippen LogP contribution is 1.48. The largest absolute Gasteiger partial charge is 0.317 e. The van der Waals surface area contributed by atoms with Gasteiger partial charge in [-0.2, -0.15) is 0 Å². The third-order valence-corrected chi connectivity index (χ3v) is 1.000. The quantitative estimate of drug-likeness (QED) is 0.672. The Labute approximate surface area is 76.9 Å². The van der Waals surface area contributed by atoms with Crippen LogP contribution in [0.5, 0.6) is 0 Å². The molecule has 0 atom stereocenters. The van der Waals surface area contributed by atoms with Crippen LogP contribution in [0.15, 0.2) is 0 Å². The van der Waals surface area contributed by atoms with Crippen molar-refractivity contribution in [2.75, 3.05) is 26.2 Å². The van der Waals surface area contributed by atoms with Gasteiger partial charge in [0.25, 0.3) is 0 Å². The number of nitrogens with one attached hydrogen (secondary N) is 2. The van der Waals surface area contributed by atoms with Crippen molar-refractivity contribution in [3.63, 3.8) is 0 Å². The SMILES string of the molecule is C=O.CCNCC.CCNCC. The lowest BCUT2D eigenvalue weighted by molar-refractivity contribution is -0.0979. The molecule has 3 nitrogen and oxygen atoms in total. The molecule has 0 spiro atoms. The summed E-state index contributed by atoms with van der Waals surface area (Å²) in [6.45, 7) is 14.8.